The standard InChI is InChI=1S/C20H29N3OS/c1-5-6-11-22-18(24)16-9-7-15(8-10-16)12-21-13-17-14-25-19(23-17)20(2,3)4/h7-10,14,21H,5-6,11-13H2,1-4H3,(H,22,24). The van der Waals surface area contributed by atoms with Gasteiger partial charge >= 0.3 is 0 Å². The lowest BCUT2D eigenvalue weighted by Gasteiger charge is -2.13. The van der Waals surface area contributed by atoms with Gasteiger partial charge in [-0.25, -0.2) is 4.98 Å². The van der Waals surface area contributed by atoms with Crippen LogP contribution >= 0.6 is 11.3 Å². The molecule has 2 aromatic rings. The monoisotopic (exact) mass is 359 g/mol. The molecule has 0 spiro atoms. The van der Waals surface area contributed by atoms with Crippen LogP contribution in [0.2, 0.25) is 0 Å². The minimum Gasteiger partial charge on any atom is -0.352 e. The lowest BCUT2D eigenvalue weighted by Crippen LogP contribution is -2.24. The maximum Gasteiger partial charge on any atom is 0.251 e. The van der Waals surface area contributed by atoms with Gasteiger partial charge in [-0.15, -0.1) is 11.3 Å². The van der Waals surface area contributed by atoms with Crippen molar-refractivity contribution in [2.75, 3.05) is 6.54 Å². The van der Waals surface area contributed by atoms with Crippen LogP contribution in [0.25, 0.3) is 0 Å². The molecule has 0 radical (unpaired) electrons. The van der Waals surface area contributed by atoms with Crippen LogP contribution in [0.15, 0.2) is 29.6 Å². The number of thiazole rings is 1. The third-order valence-corrected chi connectivity index (χ3v) is 5.18. The van der Waals surface area contributed by atoms with Crippen molar-refractivity contribution in [1.82, 2.24) is 15.6 Å². The van der Waals surface area contributed by atoms with Gasteiger partial charge < -0.3 is 10.6 Å². The van der Waals surface area contributed by atoms with E-state index < -0.39 is 0 Å². The van der Waals surface area contributed by atoms with E-state index in [-0.39, 0.29) is 11.3 Å². The predicted octanol–water partition coefficient (Wildman–Crippen LogP) is 4.26. The summed E-state index contributed by atoms with van der Waals surface area (Å²) in [6.45, 7) is 10.9. The Kier molecular flexibility index (Phi) is 7.14. The Hall–Kier alpha value is -1.72. The van der Waals surface area contributed by atoms with Gasteiger partial charge in [0.2, 0.25) is 0 Å². The summed E-state index contributed by atoms with van der Waals surface area (Å²) < 4.78 is 0. The number of carbonyl (C=O) groups excluding carboxylic acids is 1. The SMILES string of the molecule is CCCCNC(=O)c1ccc(CNCc2csc(C(C)(C)C)n2)cc1. The maximum absolute atomic E-state index is 12.0. The van der Waals surface area contributed by atoms with Gasteiger partial charge in [-0.2, -0.15) is 0 Å². The number of rotatable bonds is 8. The fourth-order valence-electron chi connectivity index (χ4n) is 2.32. The molecule has 0 saturated carbocycles. The van der Waals surface area contributed by atoms with Gasteiger partial charge in [0, 0.05) is 36.0 Å². The van der Waals surface area contributed by atoms with E-state index >= 15 is 0 Å². The van der Waals surface area contributed by atoms with Crippen molar-refractivity contribution in [3.05, 3.63) is 51.5 Å². The lowest BCUT2D eigenvalue weighted by atomic mass is 9.98. The second-order valence-corrected chi connectivity index (χ2v) is 8.16. The van der Waals surface area contributed by atoms with Gasteiger partial charge in [0.1, 0.15) is 0 Å². The summed E-state index contributed by atoms with van der Waals surface area (Å²) in [5, 5.41) is 9.65. The van der Waals surface area contributed by atoms with E-state index in [1.807, 2.05) is 24.3 Å². The van der Waals surface area contributed by atoms with Crippen LogP contribution in [-0.2, 0) is 18.5 Å². The average molecular weight is 360 g/mol. The summed E-state index contributed by atoms with van der Waals surface area (Å²) in [5.74, 6) is 0.00476. The fourth-order valence-corrected chi connectivity index (χ4v) is 3.23. The summed E-state index contributed by atoms with van der Waals surface area (Å²) >= 11 is 1.72. The normalized spacial score (nSPS) is 11.5. The highest BCUT2D eigenvalue weighted by molar-refractivity contribution is 7.09. The Morgan fingerprint density at radius 3 is 2.48 bits per heavy atom. The van der Waals surface area contributed by atoms with Crippen molar-refractivity contribution in [2.45, 2.75) is 59.0 Å². The fraction of sp³-hybridized carbons (Fsp3) is 0.500. The molecule has 0 aliphatic heterocycles. The molecule has 2 N–H and O–H groups in total. The summed E-state index contributed by atoms with van der Waals surface area (Å²) in [6, 6.07) is 7.78. The van der Waals surface area contributed by atoms with Crippen molar-refractivity contribution in [3.8, 4) is 0 Å². The second kappa shape index (κ2) is 9.11. The number of hydrogen-bond donors (Lipinski definition) is 2. The zero-order chi connectivity index (χ0) is 18.3. The zero-order valence-electron chi connectivity index (χ0n) is 15.7. The van der Waals surface area contributed by atoms with Gasteiger partial charge in [-0.3, -0.25) is 4.79 Å². The second-order valence-electron chi connectivity index (χ2n) is 7.30. The number of nitrogens with one attached hydrogen (secondary N) is 2. The Morgan fingerprint density at radius 2 is 1.88 bits per heavy atom. The van der Waals surface area contributed by atoms with E-state index in [0.717, 1.165) is 43.7 Å². The first-order valence-electron chi connectivity index (χ1n) is 8.93. The molecule has 1 amide bonds. The molecule has 2 rings (SSSR count). The summed E-state index contributed by atoms with van der Waals surface area (Å²) in [6.07, 6.45) is 2.10. The highest BCUT2D eigenvalue weighted by Gasteiger charge is 2.17. The van der Waals surface area contributed by atoms with E-state index in [0.29, 0.717) is 5.56 Å². The average Bonchev–Trinajstić information content (AvgIpc) is 3.05. The van der Waals surface area contributed by atoms with Gasteiger partial charge in [0.25, 0.3) is 5.91 Å². The van der Waals surface area contributed by atoms with Crippen molar-refractivity contribution in [3.63, 3.8) is 0 Å². The number of nitrogens with zero attached hydrogens (tertiary/aromatic N) is 1. The number of hydrogen-bond acceptors (Lipinski definition) is 4. The molecule has 1 aromatic carbocycles. The molecule has 4 nitrogen and oxygen atoms in total. The van der Waals surface area contributed by atoms with Crippen LogP contribution in [0.5, 0.6) is 0 Å². The summed E-state index contributed by atoms with van der Waals surface area (Å²) in [4.78, 5) is 16.7. The van der Waals surface area contributed by atoms with Crippen LogP contribution in [0.3, 0.4) is 0 Å². The number of amides is 1. The molecule has 0 bridgehead atoms. The van der Waals surface area contributed by atoms with Gasteiger partial charge in [-0.05, 0) is 24.1 Å². The van der Waals surface area contributed by atoms with Gasteiger partial charge in [0.05, 0.1) is 10.7 Å². The predicted molar refractivity (Wildman–Crippen MR) is 105 cm³/mol. The summed E-state index contributed by atoms with van der Waals surface area (Å²) in [5.41, 5.74) is 3.07. The number of unbranched alkanes of at least 4 members (excludes halogenated alkanes) is 1. The lowest BCUT2D eigenvalue weighted by molar-refractivity contribution is 0.0953. The molecule has 1 aromatic heterocycles. The zero-order valence-corrected chi connectivity index (χ0v) is 16.5. The molecule has 25 heavy (non-hydrogen) atoms. The van der Waals surface area contributed by atoms with Crippen molar-refractivity contribution in [2.24, 2.45) is 0 Å². The first kappa shape index (κ1) is 19.6. The van der Waals surface area contributed by atoms with Crippen molar-refractivity contribution in [1.29, 1.82) is 0 Å². The van der Waals surface area contributed by atoms with Crippen LogP contribution in [0, 0.1) is 0 Å². The first-order valence-corrected chi connectivity index (χ1v) is 9.81. The van der Waals surface area contributed by atoms with E-state index in [2.05, 4.69) is 48.7 Å². The van der Waals surface area contributed by atoms with Crippen molar-refractivity contribution >= 4 is 17.2 Å². The number of aromatic nitrogens is 1. The molecule has 136 valence electrons. The minimum atomic E-state index is 0.00476. The van der Waals surface area contributed by atoms with Crippen LogP contribution < -0.4 is 10.6 Å². The topological polar surface area (TPSA) is 54.0 Å². The third kappa shape index (κ3) is 6.25. The highest BCUT2D eigenvalue weighted by Crippen LogP contribution is 2.25. The van der Waals surface area contributed by atoms with E-state index in [9.17, 15) is 4.79 Å². The van der Waals surface area contributed by atoms with Crippen molar-refractivity contribution < 1.29 is 4.79 Å². The third-order valence-electron chi connectivity index (χ3n) is 3.86. The van der Waals surface area contributed by atoms with Gasteiger partial charge in [-0.1, -0.05) is 46.2 Å². The molecule has 1 heterocycles. The van der Waals surface area contributed by atoms with Crippen LogP contribution in [0.1, 0.15) is 67.2 Å². The molecular formula is C20H29N3OS. The molecule has 0 aliphatic rings. The Bertz CT molecular complexity index is 671. The minimum absolute atomic E-state index is 0.00476. The highest BCUT2D eigenvalue weighted by atomic mass is 32.1. The number of carbonyl (C=O) groups is 1. The molecule has 0 saturated heterocycles. The summed E-state index contributed by atoms with van der Waals surface area (Å²) in [7, 11) is 0. The Morgan fingerprint density at radius 1 is 1.16 bits per heavy atom. The quantitative estimate of drug-likeness (QED) is 0.693. The Labute approximate surface area is 155 Å². The largest absolute Gasteiger partial charge is 0.352 e. The van der Waals surface area contributed by atoms with Crippen LogP contribution in [0.4, 0.5) is 0 Å². The molecular weight excluding hydrogens is 330 g/mol. The molecule has 5 heteroatoms. The van der Waals surface area contributed by atoms with E-state index in [1.165, 1.54) is 5.01 Å². The molecule has 0 fully saturated rings. The molecule has 0 aliphatic carbocycles. The molecule has 0 atom stereocenters. The number of benzene rings is 1. The van der Waals surface area contributed by atoms with E-state index in [1.54, 1.807) is 11.3 Å². The van der Waals surface area contributed by atoms with Gasteiger partial charge in [0.15, 0.2) is 0 Å². The smallest absolute Gasteiger partial charge is 0.251 e. The maximum atomic E-state index is 12.0. The first-order chi connectivity index (χ1) is 11.9. The van der Waals surface area contributed by atoms with E-state index in [4.69, 9.17) is 0 Å². The Balaban J connectivity index is 1.79. The molecule has 0 unspecified atom stereocenters. The van der Waals surface area contributed by atoms with Crippen LogP contribution in [-0.4, -0.2) is 17.4 Å².